The van der Waals surface area contributed by atoms with Crippen LogP contribution in [0.4, 0.5) is 0 Å². The highest BCUT2D eigenvalue weighted by Crippen LogP contribution is 1.98. The van der Waals surface area contributed by atoms with Crippen molar-refractivity contribution in [1.29, 1.82) is 0 Å². The first kappa shape index (κ1) is 12.9. The smallest absolute Gasteiger partial charge is 0.339 e. The van der Waals surface area contributed by atoms with Gasteiger partial charge in [0.15, 0.2) is 0 Å². The number of nitrogens with one attached hydrogen (secondary N) is 1. The van der Waals surface area contributed by atoms with Gasteiger partial charge in [0, 0.05) is 6.92 Å². The highest BCUT2D eigenvalue weighted by atomic mass is 16.7. The van der Waals surface area contributed by atoms with E-state index in [2.05, 4.69) is 4.84 Å². The zero-order valence-corrected chi connectivity index (χ0v) is 8.29. The summed E-state index contributed by atoms with van der Waals surface area (Å²) in [6, 6.07) is -0.701. The quantitative estimate of drug-likeness (QED) is 0.394. The van der Waals surface area contributed by atoms with Crippen LogP contribution in [0.5, 0.6) is 0 Å². The fourth-order valence-electron chi connectivity index (χ4n) is 0.824. The Hall–Kier alpha value is -1.14. The van der Waals surface area contributed by atoms with Gasteiger partial charge >= 0.3 is 5.97 Å². The second-order valence-electron chi connectivity index (χ2n) is 2.97. The standard InChI is InChI=1S/C8H17N3O3/c1-6(12)11-14-8(13)7(10)4-2-3-5-9/h7H,2-5,9-10H2,1H3,(H,11,12)/t7-/m0/s1. The van der Waals surface area contributed by atoms with Gasteiger partial charge in [0.25, 0.3) is 0 Å². The summed E-state index contributed by atoms with van der Waals surface area (Å²) in [6.07, 6.45) is 2.10. The van der Waals surface area contributed by atoms with Crippen molar-refractivity contribution in [3.8, 4) is 0 Å². The average molecular weight is 203 g/mol. The van der Waals surface area contributed by atoms with Crippen LogP contribution in [0.15, 0.2) is 0 Å². The minimum absolute atomic E-state index is 0.437. The minimum atomic E-state index is -0.701. The van der Waals surface area contributed by atoms with E-state index in [0.717, 1.165) is 12.8 Å². The van der Waals surface area contributed by atoms with Gasteiger partial charge in [-0.05, 0) is 19.4 Å². The Bertz CT molecular complexity index is 196. The van der Waals surface area contributed by atoms with Gasteiger partial charge < -0.3 is 16.3 Å². The number of carbonyl (C=O) groups is 2. The Morgan fingerprint density at radius 3 is 2.57 bits per heavy atom. The topological polar surface area (TPSA) is 107 Å². The lowest BCUT2D eigenvalue weighted by molar-refractivity contribution is -0.158. The van der Waals surface area contributed by atoms with E-state index < -0.39 is 17.9 Å². The van der Waals surface area contributed by atoms with Gasteiger partial charge in [-0.3, -0.25) is 4.79 Å². The lowest BCUT2D eigenvalue weighted by Crippen LogP contribution is -2.37. The summed E-state index contributed by atoms with van der Waals surface area (Å²) in [7, 11) is 0. The van der Waals surface area contributed by atoms with Crippen LogP contribution in [-0.4, -0.2) is 24.5 Å². The molecule has 0 fully saturated rings. The number of unbranched alkanes of at least 4 members (excludes halogenated alkanes) is 1. The van der Waals surface area contributed by atoms with E-state index in [9.17, 15) is 9.59 Å². The van der Waals surface area contributed by atoms with Crippen LogP contribution in [0.1, 0.15) is 26.2 Å². The highest BCUT2D eigenvalue weighted by molar-refractivity contribution is 5.78. The molecular formula is C8H17N3O3. The largest absolute Gasteiger partial charge is 0.348 e. The third-order valence-electron chi connectivity index (χ3n) is 1.57. The maximum Gasteiger partial charge on any atom is 0.348 e. The Morgan fingerprint density at radius 2 is 2.07 bits per heavy atom. The van der Waals surface area contributed by atoms with Crippen LogP contribution in [0.25, 0.3) is 0 Å². The number of amides is 1. The maximum atomic E-state index is 11.0. The number of rotatable bonds is 5. The van der Waals surface area contributed by atoms with E-state index in [1.807, 2.05) is 5.48 Å². The van der Waals surface area contributed by atoms with E-state index in [0.29, 0.717) is 13.0 Å². The summed E-state index contributed by atoms with van der Waals surface area (Å²) in [5, 5.41) is 0. The first-order valence-electron chi connectivity index (χ1n) is 4.51. The normalized spacial score (nSPS) is 11.9. The molecule has 0 aliphatic carbocycles. The van der Waals surface area contributed by atoms with Crippen LogP contribution in [0.3, 0.4) is 0 Å². The lowest BCUT2D eigenvalue weighted by atomic mass is 10.1. The monoisotopic (exact) mass is 203 g/mol. The third kappa shape index (κ3) is 6.38. The van der Waals surface area contributed by atoms with Crippen molar-refractivity contribution in [2.24, 2.45) is 11.5 Å². The van der Waals surface area contributed by atoms with Crippen molar-refractivity contribution in [3.63, 3.8) is 0 Å². The molecule has 14 heavy (non-hydrogen) atoms. The summed E-state index contributed by atoms with van der Waals surface area (Å²) < 4.78 is 0. The molecule has 82 valence electrons. The van der Waals surface area contributed by atoms with Crippen LogP contribution in [-0.2, 0) is 14.4 Å². The minimum Gasteiger partial charge on any atom is -0.339 e. The van der Waals surface area contributed by atoms with E-state index in [1.54, 1.807) is 0 Å². The fourth-order valence-corrected chi connectivity index (χ4v) is 0.824. The Morgan fingerprint density at radius 1 is 1.43 bits per heavy atom. The molecule has 0 radical (unpaired) electrons. The van der Waals surface area contributed by atoms with E-state index in [-0.39, 0.29) is 0 Å². The van der Waals surface area contributed by atoms with Crippen molar-refractivity contribution in [2.45, 2.75) is 32.2 Å². The molecule has 0 spiro atoms. The molecule has 6 nitrogen and oxygen atoms in total. The number of hydroxylamine groups is 1. The first-order chi connectivity index (χ1) is 6.57. The molecule has 0 aliphatic heterocycles. The van der Waals surface area contributed by atoms with E-state index >= 15 is 0 Å². The molecule has 1 atom stereocenters. The average Bonchev–Trinajstić information content (AvgIpc) is 2.14. The molecule has 0 aromatic heterocycles. The molecule has 0 rings (SSSR count). The van der Waals surface area contributed by atoms with E-state index in [4.69, 9.17) is 11.5 Å². The Kier molecular flexibility index (Phi) is 6.69. The van der Waals surface area contributed by atoms with Gasteiger partial charge in [0.05, 0.1) is 0 Å². The Labute approximate surface area is 82.9 Å². The number of nitrogens with two attached hydrogens (primary N) is 2. The molecule has 0 saturated heterocycles. The number of hydrogen-bond donors (Lipinski definition) is 3. The molecule has 0 aromatic carbocycles. The second kappa shape index (κ2) is 7.28. The van der Waals surface area contributed by atoms with Gasteiger partial charge in [0.1, 0.15) is 6.04 Å². The van der Waals surface area contributed by atoms with Crippen LogP contribution < -0.4 is 16.9 Å². The molecule has 0 aliphatic rings. The van der Waals surface area contributed by atoms with Gasteiger partial charge in [-0.25, -0.2) is 4.79 Å². The van der Waals surface area contributed by atoms with Gasteiger partial charge in [-0.2, -0.15) is 5.48 Å². The third-order valence-corrected chi connectivity index (χ3v) is 1.57. The summed E-state index contributed by atoms with van der Waals surface area (Å²) >= 11 is 0. The van der Waals surface area contributed by atoms with Gasteiger partial charge in [0.2, 0.25) is 5.91 Å². The van der Waals surface area contributed by atoms with E-state index in [1.165, 1.54) is 6.92 Å². The maximum absolute atomic E-state index is 11.0. The fraction of sp³-hybridized carbons (Fsp3) is 0.750. The molecule has 0 aromatic rings. The number of carbonyl (C=O) groups excluding carboxylic acids is 2. The predicted octanol–water partition coefficient (Wildman–Crippen LogP) is -0.963. The molecule has 0 saturated carbocycles. The molecular weight excluding hydrogens is 186 g/mol. The van der Waals surface area contributed by atoms with Crippen molar-refractivity contribution in [3.05, 3.63) is 0 Å². The second-order valence-corrected chi connectivity index (χ2v) is 2.97. The molecule has 6 heteroatoms. The SMILES string of the molecule is CC(=O)NOC(=O)[C@@H](N)CCCCN. The van der Waals surface area contributed by atoms with Gasteiger partial charge in [-0.15, -0.1) is 0 Å². The van der Waals surface area contributed by atoms with Crippen molar-refractivity contribution in [2.75, 3.05) is 6.54 Å². The molecule has 0 heterocycles. The summed E-state index contributed by atoms with van der Waals surface area (Å²) in [4.78, 5) is 25.8. The predicted molar refractivity (Wildman–Crippen MR) is 50.8 cm³/mol. The molecule has 5 N–H and O–H groups in total. The lowest BCUT2D eigenvalue weighted by Gasteiger charge is -2.09. The van der Waals surface area contributed by atoms with Crippen molar-refractivity contribution >= 4 is 11.9 Å². The summed E-state index contributed by atoms with van der Waals surface area (Å²) in [5.74, 6) is -1.07. The van der Waals surface area contributed by atoms with Gasteiger partial charge in [-0.1, -0.05) is 6.42 Å². The van der Waals surface area contributed by atoms with Crippen molar-refractivity contribution in [1.82, 2.24) is 5.48 Å². The first-order valence-corrected chi connectivity index (χ1v) is 4.51. The molecule has 0 bridgehead atoms. The van der Waals surface area contributed by atoms with Crippen molar-refractivity contribution < 1.29 is 14.4 Å². The number of hydrogen-bond acceptors (Lipinski definition) is 5. The zero-order chi connectivity index (χ0) is 11.0. The highest BCUT2D eigenvalue weighted by Gasteiger charge is 2.15. The summed E-state index contributed by atoms with van der Waals surface area (Å²) in [5.41, 5.74) is 12.7. The van der Waals surface area contributed by atoms with Crippen LogP contribution in [0, 0.1) is 0 Å². The summed E-state index contributed by atoms with van der Waals surface area (Å²) in [6.45, 7) is 1.82. The van der Waals surface area contributed by atoms with Crippen LogP contribution in [0.2, 0.25) is 0 Å². The zero-order valence-electron chi connectivity index (χ0n) is 8.29. The Balaban J connectivity index is 3.59. The molecule has 0 unspecified atom stereocenters. The molecule has 1 amide bonds. The van der Waals surface area contributed by atoms with Crippen LogP contribution >= 0.6 is 0 Å².